The highest BCUT2D eigenvalue weighted by Crippen LogP contribution is 2.28. The molecule has 0 aliphatic carbocycles. The molecule has 0 unspecified atom stereocenters. The molecule has 0 radical (unpaired) electrons. The SMILES string of the molecule is O=C(Cc1c(F)cccc1Cl)N1CC(c2nc(-c3cnccn3)no2)C1. The summed E-state index contributed by atoms with van der Waals surface area (Å²) in [5.74, 6) is 0.0814. The molecule has 3 aromatic rings. The summed E-state index contributed by atoms with van der Waals surface area (Å²) < 4.78 is 19.1. The van der Waals surface area contributed by atoms with Crippen molar-refractivity contribution in [2.45, 2.75) is 12.3 Å². The highest BCUT2D eigenvalue weighted by atomic mass is 35.5. The molecule has 0 atom stereocenters. The lowest BCUT2D eigenvalue weighted by atomic mass is 9.98. The van der Waals surface area contributed by atoms with Crippen LogP contribution >= 0.6 is 11.6 Å². The van der Waals surface area contributed by atoms with E-state index in [0.29, 0.717) is 30.5 Å². The minimum atomic E-state index is -0.478. The summed E-state index contributed by atoms with van der Waals surface area (Å²) in [6.07, 6.45) is 4.57. The van der Waals surface area contributed by atoms with Gasteiger partial charge in [-0.25, -0.2) is 9.37 Å². The van der Waals surface area contributed by atoms with E-state index in [9.17, 15) is 9.18 Å². The highest BCUT2D eigenvalue weighted by Gasteiger charge is 2.36. The number of hydrogen-bond donors (Lipinski definition) is 0. The molecule has 0 N–H and O–H groups in total. The van der Waals surface area contributed by atoms with Crippen molar-refractivity contribution in [1.29, 1.82) is 0 Å². The van der Waals surface area contributed by atoms with Crippen LogP contribution in [0.15, 0.2) is 41.3 Å². The van der Waals surface area contributed by atoms with Crippen LogP contribution in [0.1, 0.15) is 17.4 Å². The van der Waals surface area contributed by atoms with Crippen molar-refractivity contribution in [3.05, 3.63) is 59.1 Å². The topological polar surface area (TPSA) is 85.0 Å². The molecule has 132 valence electrons. The molecule has 1 aliphatic rings. The van der Waals surface area contributed by atoms with Crippen LogP contribution in [0, 0.1) is 5.82 Å². The Morgan fingerprint density at radius 3 is 2.92 bits per heavy atom. The highest BCUT2D eigenvalue weighted by molar-refractivity contribution is 6.31. The Bertz CT molecular complexity index is 923. The number of amides is 1. The summed E-state index contributed by atoms with van der Waals surface area (Å²) in [4.78, 5) is 26.3. The monoisotopic (exact) mass is 373 g/mol. The first-order chi connectivity index (χ1) is 12.6. The van der Waals surface area contributed by atoms with E-state index in [2.05, 4.69) is 20.1 Å². The van der Waals surface area contributed by atoms with Crippen molar-refractivity contribution < 1.29 is 13.7 Å². The van der Waals surface area contributed by atoms with E-state index in [0.717, 1.165) is 0 Å². The van der Waals surface area contributed by atoms with Gasteiger partial charge >= 0.3 is 0 Å². The molecule has 0 bridgehead atoms. The number of hydrogen-bond acceptors (Lipinski definition) is 6. The fraction of sp³-hybridized carbons (Fsp3) is 0.235. The maximum atomic E-state index is 13.8. The van der Waals surface area contributed by atoms with Crippen molar-refractivity contribution in [3.63, 3.8) is 0 Å². The minimum Gasteiger partial charge on any atom is -0.341 e. The van der Waals surface area contributed by atoms with E-state index in [4.69, 9.17) is 16.1 Å². The van der Waals surface area contributed by atoms with Crippen LogP contribution in [0.2, 0.25) is 5.02 Å². The van der Waals surface area contributed by atoms with E-state index in [1.165, 1.54) is 12.1 Å². The van der Waals surface area contributed by atoms with Gasteiger partial charge in [0, 0.05) is 36.1 Å². The number of carbonyl (C=O) groups excluding carboxylic acids is 1. The molecule has 1 aliphatic heterocycles. The van der Waals surface area contributed by atoms with Crippen molar-refractivity contribution >= 4 is 17.5 Å². The molecule has 3 heterocycles. The molecular weight excluding hydrogens is 361 g/mol. The van der Waals surface area contributed by atoms with Crippen molar-refractivity contribution in [2.24, 2.45) is 0 Å². The summed E-state index contributed by atoms with van der Waals surface area (Å²) in [5.41, 5.74) is 0.731. The fourth-order valence-electron chi connectivity index (χ4n) is 2.72. The predicted molar refractivity (Wildman–Crippen MR) is 89.8 cm³/mol. The molecule has 1 saturated heterocycles. The van der Waals surface area contributed by atoms with Gasteiger partial charge in [-0.2, -0.15) is 4.98 Å². The molecule has 7 nitrogen and oxygen atoms in total. The van der Waals surface area contributed by atoms with Gasteiger partial charge in [-0.1, -0.05) is 22.8 Å². The Labute approximate surface area is 152 Å². The maximum absolute atomic E-state index is 13.8. The van der Waals surface area contributed by atoms with Crippen molar-refractivity contribution in [3.8, 4) is 11.5 Å². The number of carbonyl (C=O) groups is 1. The second kappa shape index (κ2) is 6.80. The molecule has 4 rings (SSSR count). The lowest BCUT2D eigenvalue weighted by molar-refractivity contribution is -0.135. The standard InChI is InChI=1S/C17H13ClFN5O2/c18-12-2-1-3-13(19)11(12)6-15(25)24-8-10(9-24)17-22-16(23-26-17)14-7-20-4-5-21-14/h1-5,7,10H,6,8-9H2. The first kappa shape index (κ1) is 16.6. The Balaban J connectivity index is 1.38. The molecule has 2 aromatic heterocycles. The smallest absolute Gasteiger partial charge is 0.233 e. The summed E-state index contributed by atoms with van der Waals surface area (Å²) in [6.45, 7) is 0.875. The van der Waals surface area contributed by atoms with Gasteiger partial charge in [0.1, 0.15) is 11.5 Å². The third-order valence-corrected chi connectivity index (χ3v) is 4.56. The van der Waals surface area contributed by atoms with Crippen LogP contribution < -0.4 is 0 Å². The number of likely N-dealkylation sites (tertiary alicyclic amines) is 1. The first-order valence-corrected chi connectivity index (χ1v) is 8.30. The van der Waals surface area contributed by atoms with Crippen molar-refractivity contribution in [2.75, 3.05) is 13.1 Å². The summed E-state index contributed by atoms with van der Waals surface area (Å²) in [5, 5.41) is 4.14. The average Bonchev–Trinajstić information content (AvgIpc) is 3.07. The van der Waals surface area contributed by atoms with Crippen LogP contribution in [-0.2, 0) is 11.2 Å². The summed E-state index contributed by atoms with van der Waals surface area (Å²) in [7, 11) is 0. The molecular formula is C17H13ClFN5O2. The van der Waals surface area contributed by atoms with Crippen LogP contribution in [0.3, 0.4) is 0 Å². The van der Waals surface area contributed by atoms with Gasteiger partial charge in [-0.05, 0) is 12.1 Å². The Hall–Kier alpha value is -2.87. The second-order valence-corrected chi connectivity index (χ2v) is 6.33. The van der Waals surface area contributed by atoms with Crippen LogP contribution in [0.5, 0.6) is 0 Å². The van der Waals surface area contributed by atoms with Gasteiger partial charge in [0.25, 0.3) is 0 Å². The fourth-order valence-corrected chi connectivity index (χ4v) is 2.95. The van der Waals surface area contributed by atoms with Gasteiger partial charge in [0.05, 0.1) is 18.5 Å². The Morgan fingerprint density at radius 1 is 1.35 bits per heavy atom. The predicted octanol–water partition coefficient (Wildman–Crippen LogP) is 2.49. The van der Waals surface area contributed by atoms with E-state index in [1.807, 2.05) is 0 Å². The lowest BCUT2D eigenvalue weighted by Crippen LogP contribution is -2.49. The largest absolute Gasteiger partial charge is 0.341 e. The lowest BCUT2D eigenvalue weighted by Gasteiger charge is -2.37. The average molecular weight is 374 g/mol. The minimum absolute atomic E-state index is 0.0482. The third kappa shape index (κ3) is 3.15. The molecule has 26 heavy (non-hydrogen) atoms. The summed E-state index contributed by atoms with van der Waals surface area (Å²) >= 11 is 5.97. The molecule has 1 aromatic carbocycles. The van der Waals surface area contributed by atoms with E-state index in [-0.39, 0.29) is 28.8 Å². The zero-order valence-electron chi connectivity index (χ0n) is 13.5. The van der Waals surface area contributed by atoms with E-state index >= 15 is 0 Å². The van der Waals surface area contributed by atoms with Crippen LogP contribution in [0.4, 0.5) is 4.39 Å². The molecule has 0 saturated carbocycles. The van der Waals surface area contributed by atoms with Crippen molar-refractivity contribution in [1.82, 2.24) is 25.0 Å². The molecule has 9 heteroatoms. The van der Waals surface area contributed by atoms with E-state index < -0.39 is 5.82 Å². The Morgan fingerprint density at radius 2 is 2.19 bits per heavy atom. The van der Waals surface area contributed by atoms with Crippen LogP contribution in [-0.4, -0.2) is 44.0 Å². The summed E-state index contributed by atoms with van der Waals surface area (Å²) in [6, 6.07) is 4.37. The number of rotatable bonds is 4. The van der Waals surface area contributed by atoms with Crippen LogP contribution in [0.25, 0.3) is 11.5 Å². The van der Waals surface area contributed by atoms with Gasteiger partial charge in [0.15, 0.2) is 0 Å². The zero-order chi connectivity index (χ0) is 18.1. The first-order valence-electron chi connectivity index (χ1n) is 7.92. The quantitative estimate of drug-likeness (QED) is 0.698. The van der Waals surface area contributed by atoms with Gasteiger partial charge in [-0.15, -0.1) is 0 Å². The number of aromatic nitrogens is 4. The van der Waals surface area contributed by atoms with Gasteiger partial charge in [-0.3, -0.25) is 9.78 Å². The second-order valence-electron chi connectivity index (χ2n) is 5.92. The normalized spacial score (nSPS) is 14.3. The number of halogens is 2. The third-order valence-electron chi connectivity index (χ3n) is 4.21. The Kier molecular flexibility index (Phi) is 4.34. The number of nitrogens with zero attached hydrogens (tertiary/aromatic N) is 5. The molecule has 1 amide bonds. The van der Waals surface area contributed by atoms with E-state index in [1.54, 1.807) is 29.6 Å². The van der Waals surface area contributed by atoms with Gasteiger partial charge < -0.3 is 9.42 Å². The molecule has 1 fully saturated rings. The maximum Gasteiger partial charge on any atom is 0.233 e. The molecule has 0 spiro atoms. The van der Waals surface area contributed by atoms with Gasteiger partial charge in [0.2, 0.25) is 17.6 Å². The zero-order valence-corrected chi connectivity index (χ0v) is 14.2. The number of benzene rings is 1.